The fourth-order valence-corrected chi connectivity index (χ4v) is 2.82. The molecule has 5 nitrogen and oxygen atoms in total. The molecule has 0 aliphatic rings. The van der Waals surface area contributed by atoms with Gasteiger partial charge in [-0.05, 0) is 49.2 Å². The first-order chi connectivity index (χ1) is 13.0. The summed E-state index contributed by atoms with van der Waals surface area (Å²) in [5.41, 5.74) is 5.37. The monoisotopic (exact) mass is 426 g/mol. The lowest BCUT2D eigenvalue weighted by Crippen LogP contribution is -2.24. The molecule has 1 amide bonds. The summed E-state index contributed by atoms with van der Waals surface area (Å²) in [6, 6.07) is 17.3. The van der Waals surface area contributed by atoms with Crippen molar-refractivity contribution in [3.63, 3.8) is 0 Å². The van der Waals surface area contributed by atoms with Crippen LogP contribution in [0.3, 0.4) is 0 Å². The normalized spacial score (nSPS) is 10.9. The van der Waals surface area contributed by atoms with Crippen LogP contribution >= 0.6 is 15.9 Å². The van der Waals surface area contributed by atoms with Gasteiger partial charge in [-0.2, -0.15) is 5.10 Å². The molecule has 3 rings (SSSR count). The van der Waals surface area contributed by atoms with Gasteiger partial charge in [0.1, 0.15) is 17.3 Å². The summed E-state index contributed by atoms with van der Waals surface area (Å²) in [5, 5.41) is 3.91. The molecule has 6 heteroatoms. The van der Waals surface area contributed by atoms with Gasteiger partial charge >= 0.3 is 0 Å². The number of hydrogen-bond acceptors (Lipinski definition) is 4. The van der Waals surface area contributed by atoms with E-state index in [-0.39, 0.29) is 12.5 Å². The number of rotatable bonds is 6. The lowest BCUT2D eigenvalue weighted by molar-refractivity contribution is -0.123. The van der Waals surface area contributed by atoms with E-state index in [0.29, 0.717) is 5.76 Å². The number of nitrogens with zero attached hydrogens (tertiary/aromatic N) is 1. The molecule has 0 saturated heterocycles. The van der Waals surface area contributed by atoms with Crippen LogP contribution in [0.25, 0.3) is 11.3 Å². The number of hydrogen-bond donors (Lipinski definition) is 1. The van der Waals surface area contributed by atoms with Crippen molar-refractivity contribution in [2.45, 2.75) is 13.8 Å². The third-order valence-corrected chi connectivity index (χ3v) is 4.42. The molecule has 1 N–H and O–H groups in total. The van der Waals surface area contributed by atoms with Crippen molar-refractivity contribution in [1.29, 1.82) is 0 Å². The quantitative estimate of drug-likeness (QED) is 0.452. The number of halogens is 1. The summed E-state index contributed by atoms with van der Waals surface area (Å²) in [5.74, 6) is 1.66. The van der Waals surface area contributed by atoms with Gasteiger partial charge < -0.3 is 9.15 Å². The smallest absolute Gasteiger partial charge is 0.277 e. The van der Waals surface area contributed by atoms with Gasteiger partial charge in [-0.25, -0.2) is 5.43 Å². The molecule has 0 saturated carbocycles. The second-order valence-corrected chi connectivity index (χ2v) is 6.93. The SMILES string of the molecule is Cc1cccc(C)c1OCC(=O)N/N=C/c1ccc(-c2ccc(Br)cc2)o1. The third-order valence-electron chi connectivity index (χ3n) is 3.89. The van der Waals surface area contributed by atoms with Crippen LogP contribution in [-0.4, -0.2) is 18.7 Å². The molecular formula is C21H19BrN2O3. The molecule has 27 heavy (non-hydrogen) atoms. The Balaban J connectivity index is 1.53. The zero-order valence-electron chi connectivity index (χ0n) is 15.0. The van der Waals surface area contributed by atoms with Crippen LogP contribution in [0.5, 0.6) is 5.75 Å². The van der Waals surface area contributed by atoms with Gasteiger partial charge in [-0.3, -0.25) is 4.79 Å². The number of nitrogens with one attached hydrogen (secondary N) is 1. The first-order valence-electron chi connectivity index (χ1n) is 8.39. The van der Waals surface area contributed by atoms with Gasteiger partial charge in [-0.1, -0.05) is 46.3 Å². The number of hydrazone groups is 1. The molecule has 138 valence electrons. The minimum Gasteiger partial charge on any atom is -0.483 e. The van der Waals surface area contributed by atoms with Crippen molar-refractivity contribution in [2.75, 3.05) is 6.61 Å². The Kier molecular flexibility index (Phi) is 6.08. The van der Waals surface area contributed by atoms with Crippen LogP contribution in [0.4, 0.5) is 0 Å². The van der Waals surface area contributed by atoms with E-state index in [1.165, 1.54) is 6.21 Å². The first kappa shape index (κ1) is 18.9. The van der Waals surface area contributed by atoms with Crippen LogP contribution in [0.15, 0.2) is 68.6 Å². The van der Waals surface area contributed by atoms with Crippen LogP contribution in [-0.2, 0) is 4.79 Å². The maximum atomic E-state index is 11.9. The highest BCUT2D eigenvalue weighted by Gasteiger charge is 2.07. The fraction of sp³-hybridized carbons (Fsp3) is 0.143. The van der Waals surface area contributed by atoms with Gasteiger partial charge in [0.05, 0.1) is 6.21 Å². The largest absolute Gasteiger partial charge is 0.483 e. The Morgan fingerprint density at radius 1 is 1.11 bits per heavy atom. The molecule has 0 aliphatic heterocycles. The van der Waals surface area contributed by atoms with E-state index in [4.69, 9.17) is 9.15 Å². The minimum absolute atomic E-state index is 0.106. The summed E-state index contributed by atoms with van der Waals surface area (Å²) >= 11 is 3.40. The summed E-state index contributed by atoms with van der Waals surface area (Å²) in [4.78, 5) is 11.9. The number of furan rings is 1. The summed E-state index contributed by atoms with van der Waals surface area (Å²) in [6.45, 7) is 3.78. The van der Waals surface area contributed by atoms with Crippen molar-refractivity contribution in [3.05, 3.63) is 76.0 Å². The van der Waals surface area contributed by atoms with E-state index in [1.807, 2.05) is 62.4 Å². The molecule has 0 fully saturated rings. The molecule has 1 aromatic heterocycles. The molecule has 0 bridgehead atoms. The second kappa shape index (κ2) is 8.68. The number of amides is 1. The molecule has 0 atom stereocenters. The zero-order chi connectivity index (χ0) is 19.2. The van der Waals surface area contributed by atoms with Crippen molar-refractivity contribution in [1.82, 2.24) is 5.43 Å². The molecule has 1 heterocycles. The van der Waals surface area contributed by atoms with Crippen molar-refractivity contribution in [2.24, 2.45) is 5.10 Å². The fourth-order valence-electron chi connectivity index (χ4n) is 2.56. The topological polar surface area (TPSA) is 63.8 Å². The number of carbonyl (C=O) groups excluding carboxylic acids is 1. The number of carbonyl (C=O) groups is 1. The number of para-hydroxylation sites is 1. The van der Waals surface area contributed by atoms with E-state index in [0.717, 1.165) is 32.7 Å². The maximum Gasteiger partial charge on any atom is 0.277 e. The van der Waals surface area contributed by atoms with E-state index >= 15 is 0 Å². The molecule has 0 unspecified atom stereocenters. The Labute approximate surface area is 166 Å². The Bertz CT molecular complexity index is 942. The highest BCUT2D eigenvalue weighted by Crippen LogP contribution is 2.23. The number of benzene rings is 2. The van der Waals surface area contributed by atoms with Gasteiger partial charge in [-0.15, -0.1) is 0 Å². The van der Waals surface area contributed by atoms with E-state index in [2.05, 4.69) is 26.5 Å². The van der Waals surface area contributed by atoms with Gasteiger partial charge in [0.2, 0.25) is 0 Å². The van der Waals surface area contributed by atoms with E-state index in [1.54, 1.807) is 6.07 Å². The van der Waals surface area contributed by atoms with Crippen molar-refractivity contribution >= 4 is 28.1 Å². The predicted octanol–water partition coefficient (Wildman–Crippen LogP) is 4.86. The summed E-state index contributed by atoms with van der Waals surface area (Å²) in [7, 11) is 0. The second-order valence-electron chi connectivity index (χ2n) is 6.01. The van der Waals surface area contributed by atoms with E-state index < -0.39 is 0 Å². The van der Waals surface area contributed by atoms with Gasteiger partial charge in [0, 0.05) is 10.0 Å². The molecule has 0 radical (unpaired) electrons. The van der Waals surface area contributed by atoms with Crippen LogP contribution in [0.2, 0.25) is 0 Å². The van der Waals surface area contributed by atoms with Crippen LogP contribution in [0.1, 0.15) is 16.9 Å². The molecule has 3 aromatic rings. The number of aryl methyl sites for hydroxylation is 2. The lowest BCUT2D eigenvalue weighted by atomic mass is 10.1. The van der Waals surface area contributed by atoms with Gasteiger partial charge in [0.15, 0.2) is 6.61 Å². The Morgan fingerprint density at radius 2 is 1.81 bits per heavy atom. The maximum absolute atomic E-state index is 11.9. The Hall–Kier alpha value is -2.86. The van der Waals surface area contributed by atoms with Crippen molar-refractivity contribution < 1.29 is 13.9 Å². The van der Waals surface area contributed by atoms with E-state index in [9.17, 15) is 4.79 Å². The average molecular weight is 427 g/mol. The third kappa shape index (κ3) is 5.08. The first-order valence-corrected chi connectivity index (χ1v) is 9.19. The minimum atomic E-state index is -0.339. The predicted molar refractivity (Wildman–Crippen MR) is 109 cm³/mol. The highest BCUT2D eigenvalue weighted by atomic mass is 79.9. The molecular weight excluding hydrogens is 408 g/mol. The molecule has 2 aromatic carbocycles. The lowest BCUT2D eigenvalue weighted by Gasteiger charge is -2.10. The van der Waals surface area contributed by atoms with Crippen LogP contribution < -0.4 is 10.2 Å². The average Bonchev–Trinajstić information content (AvgIpc) is 3.11. The Morgan fingerprint density at radius 3 is 2.52 bits per heavy atom. The van der Waals surface area contributed by atoms with Crippen molar-refractivity contribution in [3.8, 4) is 17.1 Å². The summed E-state index contributed by atoms with van der Waals surface area (Å²) < 4.78 is 12.3. The van der Waals surface area contributed by atoms with Crippen LogP contribution in [0, 0.1) is 13.8 Å². The zero-order valence-corrected chi connectivity index (χ0v) is 16.6. The molecule has 0 aliphatic carbocycles. The molecule has 0 spiro atoms. The summed E-state index contributed by atoms with van der Waals surface area (Å²) in [6.07, 6.45) is 1.46. The standard InChI is InChI=1S/C21H19BrN2O3/c1-14-4-3-5-15(2)21(14)26-13-20(25)24-23-12-18-10-11-19(27-18)16-6-8-17(22)9-7-16/h3-12H,13H2,1-2H3,(H,24,25)/b23-12+. The van der Waals surface area contributed by atoms with Gasteiger partial charge in [0.25, 0.3) is 5.91 Å². The number of ether oxygens (including phenoxy) is 1. The highest BCUT2D eigenvalue weighted by molar-refractivity contribution is 9.10.